The summed E-state index contributed by atoms with van der Waals surface area (Å²) in [5, 5.41) is 4.90. The first kappa shape index (κ1) is 14.6. The quantitative estimate of drug-likeness (QED) is 0.615. The Bertz CT molecular complexity index is 1000. The zero-order valence-electron chi connectivity index (χ0n) is 12.9. The number of anilines is 1. The third-order valence-corrected chi connectivity index (χ3v) is 4.65. The van der Waals surface area contributed by atoms with Gasteiger partial charge in [0.15, 0.2) is 0 Å². The van der Waals surface area contributed by atoms with Crippen LogP contribution in [0.5, 0.6) is 0 Å². The topological polar surface area (TPSA) is 59.3 Å². The molecule has 1 N–H and O–H groups in total. The van der Waals surface area contributed by atoms with Gasteiger partial charge in [-0.05, 0) is 42.1 Å². The van der Waals surface area contributed by atoms with Gasteiger partial charge in [-0.2, -0.15) is 0 Å². The molecular formula is C18H14N4OS. The molecule has 0 spiro atoms. The van der Waals surface area contributed by atoms with E-state index in [0.29, 0.717) is 10.7 Å². The number of imidazole rings is 1. The summed E-state index contributed by atoms with van der Waals surface area (Å²) in [4.78, 5) is 21.7. The Morgan fingerprint density at radius 3 is 2.96 bits per heavy atom. The molecule has 0 radical (unpaired) electrons. The Balaban J connectivity index is 1.62. The number of rotatable bonds is 3. The van der Waals surface area contributed by atoms with Gasteiger partial charge >= 0.3 is 0 Å². The van der Waals surface area contributed by atoms with E-state index in [4.69, 9.17) is 0 Å². The lowest BCUT2D eigenvalue weighted by Gasteiger charge is -2.05. The maximum atomic E-state index is 12.3. The van der Waals surface area contributed by atoms with Gasteiger partial charge in [0.2, 0.25) is 5.78 Å². The molecule has 5 nitrogen and oxygen atoms in total. The smallest absolute Gasteiger partial charge is 0.265 e. The SMILES string of the molecule is Cc1csc(C(=O)Nc2cccc(-c3cn4cccnc4n3)c2)c1. The summed E-state index contributed by atoms with van der Waals surface area (Å²) in [6, 6.07) is 11.4. The fourth-order valence-electron chi connectivity index (χ4n) is 2.47. The van der Waals surface area contributed by atoms with Crippen molar-refractivity contribution in [2.75, 3.05) is 5.32 Å². The van der Waals surface area contributed by atoms with Crippen LogP contribution < -0.4 is 5.32 Å². The van der Waals surface area contributed by atoms with E-state index in [2.05, 4.69) is 15.3 Å². The summed E-state index contributed by atoms with van der Waals surface area (Å²) in [5.41, 5.74) is 3.59. The zero-order chi connectivity index (χ0) is 16.5. The molecule has 0 aliphatic rings. The fourth-order valence-corrected chi connectivity index (χ4v) is 3.26. The minimum Gasteiger partial charge on any atom is -0.321 e. The Labute approximate surface area is 142 Å². The van der Waals surface area contributed by atoms with Crippen molar-refractivity contribution in [3.63, 3.8) is 0 Å². The fraction of sp³-hybridized carbons (Fsp3) is 0.0556. The maximum absolute atomic E-state index is 12.3. The Morgan fingerprint density at radius 1 is 1.25 bits per heavy atom. The average molecular weight is 334 g/mol. The molecule has 0 aliphatic heterocycles. The predicted molar refractivity (Wildman–Crippen MR) is 95.4 cm³/mol. The van der Waals surface area contributed by atoms with Gasteiger partial charge in [0.1, 0.15) is 0 Å². The number of nitrogens with zero attached hydrogens (tertiary/aromatic N) is 3. The highest BCUT2D eigenvalue weighted by molar-refractivity contribution is 7.12. The number of benzene rings is 1. The lowest BCUT2D eigenvalue weighted by molar-refractivity contribution is 0.103. The summed E-state index contributed by atoms with van der Waals surface area (Å²) in [7, 11) is 0. The Morgan fingerprint density at radius 2 is 2.17 bits per heavy atom. The summed E-state index contributed by atoms with van der Waals surface area (Å²) in [5.74, 6) is 0.554. The molecule has 1 aromatic carbocycles. The van der Waals surface area contributed by atoms with Gasteiger partial charge in [-0.15, -0.1) is 11.3 Å². The van der Waals surface area contributed by atoms with E-state index in [9.17, 15) is 4.79 Å². The number of thiophene rings is 1. The molecule has 24 heavy (non-hydrogen) atoms. The summed E-state index contributed by atoms with van der Waals surface area (Å²) < 4.78 is 1.87. The van der Waals surface area contributed by atoms with E-state index < -0.39 is 0 Å². The van der Waals surface area contributed by atoms with Crippen LogP contribution in [0.2, 0.25) is 0 Å². The molecule has 118 valence electrons. The molecule has 4 rings (SSSR count). The molecule has 3 aromatic heterocycles. The lowest BCUT2D eigenvalue weighted by atomic mass is 10.1. The first-order valence-electron chi connectivity index (χ1n) is 7.46. The number of carbonyl (C=O) groups is 1. The molecular weight excluding hydrogens is 320 g/mol. The van der Waals surface area contributed by atoms with Gasteiger partial charge in [0, 0.05) is 29.8 Å². The first-order chi connectivity index (χ1) is 11.7. The van der Waals surface area contributed by atoms with Gasteiger partial charge in [-0.25, -0.2) is 9.97 Å². The number of amides is 1. The number of carbonyl (C=O) groups excluding carboxylic acids is 1. The summed E-state index contributed by atoms with van der Waals surface area (Å²) in [6.07, 6.45) is 5.54. The van der Waals surface area contributed by atoms with Crippen LogP contribution in [0.1, 0.15) is 15.2 Å². The van der Waals surface area contributed by atoms with Crippen molar-refractivity contribution in [2.45, 2.75) is 6.92 Å². The standard InChI is InChI=1S/C18H14N4OS/c1-12-8-16(24-11-12)17(23)20-14-5-2-4-13(9-14)15-10-22-7-3-6-19-18(22)21-15/h2-11H,1H3,(H,20,23). The molecule has 1 amide bonds. The molecule has 0 aliphatic carbocycles. The van der Waals surface area contributed by atoms with E-state index >= 15 is 0 Å². The van der Waals surface area contributed by atoms with E-state index in [1.165, 1.54) is 11.3 Å². The number of fused-ring (bicyclic) bond motifs is 1. The molecule has 4 aromatic rings. The summed E-state index contributed by atoms with van der Waals surface area (Å²) in [6.45, 7) is 1.98. The van der Waals surface area contributed by atoms with E-state index in [1.54, 1.807) is 6.20 Å². The zero-order valence-corrected chi connectivity index (χ0v) is 13.7. The number of hydrogen-bond acceptors (Lipinski definition) is 4. The highest BCUT2D eigenvalue weighted by atomic mass is 32.1. The molecule has 3 heterocycles. The van der Waals surface area contributed by atoms with E-state index in [-0.39, 0.29) is 5.91 Å². The van der Waals surface area contributed by atoms with Gasteiger partial charge in [-0.1, -0.05) is 12.1 Å². The third-order valence-electron chi connectivity index (χ3n) is 3.61. The van der Waals surface area contributed by atoms with Gasteiger partial charge in [0.25, 0.3) is 5.91 Å². The third kappa shape index (κ3) is 2.79. The lowest BCUT2D eigenvalue weighted by Crippen LogP contribution is -2.10. The second-order valence-electron chi connectivity index (χ2n) is 5.48. The van der Waals surface area contributed by atoms with Crippen molar-refractivity contribution < 1.29 is 4.79 Å². The molecule has 0 atom stereocenters. The molecule has 0 saturated carbocycles. The normalized spacial score (nSPS) is 10.9. The van der Waals surface area contributed by atoms with Gasteiger partial charge in [-0.3, -0.25) is 9.20 Å². The molecule has 0 saturated heterocycles. The molecule has 0 unspecified atom stereocenters. The minimum absolute atomic E-state index is 0.0954. The second-order valence-corrected chi connectivity index (χ2v) is 6.39. The van der Waals surface area contributed by atoms with Crippen molar-refractivity contribution in [2.24, 2.45) is 0 Å². The number of nitrogens with one attached hydrogen (secondary N) is 1. The van der Waals surface area contributed by atoms with E-state index in [1.807, 2.05) is 65.5 Å². The van der Waals surface area contributed by atoms with Crippen LogP contribution in [0.25, 0.3) is 17.0 Å². The minimum atomic E-state index is -0.0954. The molecule has 6 heteroatoms. The van der Waals surface area contributed by atoms with Crippen LogP contribution in [-0.2, 0) is 0 Å². The predicted octanol–water partition coefficient (Wildman–Crippen LogP) is 4.02. The van der Waals surface area contributed by atoms with Crippen molar-refractivity contribution in [3.05, 3.63) is 70.8 Å². The second kappa shape index (κ2) is 5.90. The van der Waals surface area contributed by atoms with Crippen LogP contribution in [-0.4, -0.2) is 20.3 Å². The average Bonchev–Trinajstić information content (AvgIpc) is 3.21. The molecule has 0 fully saturated rings. The first-order valence-corrected chi connectivity index (χ1v) is 8.34. The Hall–Kier alpha value is -2.99. The van der Waals surface area contributed by atoms with Crippen molar-refractivity contribution in [3.8, 4) is 11.3 Å². The van der Waals surface area contributed by atoms with Crippen LogP contribution in [0, 0.1) is 6.92 Å². The van der Waals surface area contributed by atoms with Crippen LogP contribution in [0.3, 0.4) is 0 Å². The van der Waals surface area contributed by atoms with Crippen LogP contribution in [0.15, 0.2) is 60.4 Å². The van der Waals surface area contributed by atoms with Gasteiger partial charge in [0.05, 0.1) is 10.6 Å². The van der Waals surface area contributed by atoms with Crippen LogP contribution in [0.4, 0.5) is 5.69 Å². The highest BCUT2D eigenvalue weighted by Crippen LogP contribution is 2.23. The van der Waals surface area contributed by atoms with Crippen molar-refractivity contribution in [1.82, 2.24) is 14.4 Å². The Kier molecular flexibility index (Phi) is 3.59. The molecule has 0 bridgehead atoms. The largest absolute Gasteiger partial charge is 0.321 e. The number of hydrogen-bond donors (Lipinski definition) is 1. The van der Waals surface area contributed by atoms with Gasteiger partial charge < -0.3 is 5.32 Å². The van der Waals surface area contributed by atoms with Crippen molar-refractivity contribution in [1.29, 1.82) is 0 Å². The monoisotopic (exact) mass is 334 g/mol. The number of aryl methyl sites for hydroxylation is 1. The number of aromatic nitrogens is 3. The maximum Gasteiger partial charge on any atom is 0.265 e. The highest BCUT2D eigenvalue weighted by Gasteiger charge is 2.10. The van der Waals surface area contributed by atoms with Crippen molar-refractivity contribution >= 4 is 28.7 Å². The summed E-state index contributed by atoms with van der Waals surface area (Å²) >= 11 is 1.44. The van der Waals surface area contributed by atoms with E-state index in [0.717, 1.165) is 22.5 Å². The van der Waals surface area contributed by atoms with Crippen LogP contribution >= 0.6 is 11.3 Å².